The minimum Gasteiger partial charge on any atom is -0.385 e. The lowest BCUT2D eigenvalue weighted by molar-refractivity contribution is -0.152. The number of ether oxygens (including phenoxy) is 1. The lowest BCUT2D eigenvalue weighted by Gasteiger charge is -2.56. The molecule has 5 aliphatic rings. The Hall–Kier alpha value is -0.950. The Bertz CT molecular complexity index is 838. The van der Waals surface area contributed by atoms with Gasteiger partial charge in [-0.15, -0.1) is 19.2 Å². The van der Waals surface area contributed by atoms with Gasteiger partial charge in [0.1, 0.15) is 22.8 Å². The van der Waals surface area contributed by atoms with Gasteiger partial charge in [0.2, 0.25) is 0 Å². The Morgan fingerprint density at radius 1 is 1.39 bits per heavy atom. The van der Waals surface area contributed by atoms with Crippen molar-refractivity contribution in [1.29, 1.82) is 0 Å². The quantitative estimate of drug-likeness (QED) is 0.285. The molecule has 0 amide bonds. The number of hydrogen-bond acceptors (Lipinski definition) is 5. The topological polar surface area (TPSA) is 70.1 Å². The van der Waals surface area contributed by atoms with Gasteiger partial charge in [-0.1, -0.05) is 19.1 Å². The van der Waals surface area contributed by atoms with Crippen LogP contribution in [0.4, 0.5) is 4.39 Å². The number of alkyl halides is 1. The molecule has 10 atom stereocenters. The summed E-state index contributed by atoms with van der Waals surface area (Å²) in [5, 5.41) is 22.0. The first-order chi connectivity index (χ1) is 13.1. The zero-order valence-corrected chi connectivity index (χ0v) is 17.0. The van der Waals surface area contributed by atoms with E-state index in [9.17, 15) is 15.0 Å². The van der Waals surface area contributed by atoms with Gasteiger partial charge in [-0.05, 0) is 55.7 Å². The largest absolute Gasteiger partial charge is 0.385 e. The molecule has 0 aromatic rings. The number of thiol groups is 1. The minimum atomic E-state index is -1.44. The summed E-state index contributed by atoms with van der Waals surface area (Å²) in [5.74, 6) is -0.655. The molecule has 1 aliphatic heterocycles. The van der Waals surface area contributed by atoms with E-state index in [4.69, 9.17) is 4.74 Å². The van der Waals surface area contributed by atoms with E-state index in [0.717, 1.165) is 0 Å². The highest BCUT2D eigenvalue weighted by molar-refractivity contribution is 7.80. The number of carbonyl (C=O) groups is 1. The van der Waals surface area contributed by atoms with Crippen LogP contribution in [0.15, 0.2) is 36.5 Å². The first-order valence-electron chi connectivity index (χ1n) is 10.0. The highest BCUT2D eigenvalue weighted by Crippen LogP contribution is 2.77. The Kier molecular flexibility index (Phi) is 3.67. The fourth-order valence-corrected chi connectivity index (χ4v) is 8.01. The molecule has 4 fully saturated rings. The number of carbonyl (C=O) groups excluding carboxylic acids is 1. The molecule has 3 unspecified atom stereocenters. The molecule has 5 rings (SSSR count). The number of aliphatic hydroxyl groups excluding tert-OH is 1. The van der Waals surface area contributed by atoms with Crippen molar-refractivity contribution < 1.29 is 24.1 Å². The van der Waals surface area contributed by atoms with Gasteiger partial charge in [0.25, 0.3) is 0 Å². The van der Waals surface area contributed by atoms with Gasteiger partial charge in [0, 0.05) is 16.7 Å². The summed E-state index contributed by atoms with van der Waals surface area (Å²) in [6, 6.07) is 0. The predicted octanol–water partition coefficient (Wildman–Crippen LogP) is 2.77. The van der Waals surface area contributed by atoms with Crippen molar-refractivity contribution in [1.82, 2.24) is 0 Å². The maximum atomic E-state index is 15.4. The first kappa shape index (κ1) is 19.0. The van der Waals surface area contributed by atoms with E-state index < -0.39 is 33.6 Å². The first-order valence-corrected chi connectivity index (χ1v) is 10.6. The molecule has 6 heteroatoms. The second kappa shape index (κ2) is 5.39. The molecule has 1 spiro atoms. The van der Waals surface area contributed by atoms with E-state index in [-0.39, 0.29) is 36.1 Å². The fourth-order valence-electron chi connectivity index (χ4n) is 7.52. The van der Waals surface area contributed by atoms with Crippen LogP contribution in [0.2, 0.25) is 0 Å². The van der Waals surface area contributed by atoms with E-state index in [2.05, 4.69) is 19.2 Å². The predicted molar refractivity (Wildman–Crippen MR) is 105 cm³/mol. The van der Waals surface area contributed by atoms with E-state index in [1.54, 1.807) is 6.08 Å². The molecule has 0 bridgehead atoms. The summed E-state index contributed by atoms with van der Waals surface area (Å²) in [6.45, 7) is 7.83. The van der Waals surface area contributed by atoms with Crippen LogP contribution in [-0.2, 0) is 9.53 Å². The molecule has 2 N–H and O–H groups in total. The van der Waals surface area contributed by atoms with Crippen molar-refractivity contribution >= 4 is 18.4 Å². The highest BCUT2D eigenvalue weighted by Gasteiger charge is 2.82. The third-order valence-corrected chi connectivity index (χ3v) is 9.37. The Morgan fingerprint density at radius 3 is 2.75 bits per heavy atom. The van der Waals surface area contributed by atoms with Gasteiger partial charge in [0.15, 0.2) is 5.78 Å². The summed E-state index contributed by atoms with van der Waals surface area (Å²) in [7, 11) is 0. The third-order valence-electron chi connectivity index (χ3n) is 8.98. The van der Waals surface area contributed by atoms with Crippen LogP contribution in [0.5, 0.6) is 0 Å². The van der Waals surface area contributed by atoms with E-state index in [1.807, 2.05) is 19.9 Å². The van der Waals surface area contributed by atoms with Crippen molar-refractivity contribution in [3.8, 4) is 0 Å². The van der Waals surface area contributed by atoms with Crippen molar-refractivity contribution in [3.63, 3.8) is 0 Å². The summed E-state index contributed by atoms with van der Waals surface area (Å²) in [5.41, 5.74) is -4.03. The second-order valence-electron chi connectivity index (χ2n) is 9.75. The maximum Gasteiger partial charge on any atom is 0.178 e. The highest BCUT2D eigenvalue weighted by atomic mass is 32.1. The minimum absolute atomic E-state index is 0.0382. The van der Waals surface area contributed by atoms with Crippen LogP contribution in [0.3, 0.4) is 0 Å². The molecule has 1 heterocycles. The van der Waals surface area contributed by atoms with Crippen LogP contribution >= 0.6 is 12.6 Å². The summed E-state index contributed by atoms with van der Waals surface area (Å²) >= 11 is 4.23. The third kappa shape index (κ3) is 1.83. The maximum absolute atomic E-state index is 15.4. The van der Waals surface area contributed by atoms with Gasteiger partial charge in [-0.3, -0.25) is 4.79 Å². The number of fused-ring (bicyclic) bond motifs is 3. The molecule has 0 radical (unpaired) electrons. The zero-order valence-electron chi connectivity index (χ0n) is 16.1. The lowest BCUT2D eigenvalue weighted by Crippen LogP contribution is -2.63. The van der Waals surface area contributed by atoms with Gasteiger partial charge in [0.05, 0.1) is 6.10 Å². The molecule has 4 nitrogen and oxygen atoms in total. The zero-order chi connectivity index (χ0) is 20.3. The standard InChI is InChI=1S/C22H27FO4S/c1-4-11-7-13-14-9-16(23)15-8-12(24)5-6-19(15,2)22(14)17(27-22)10-20(13,3)21(11,26)18(25)28/h4-6,8,11,13-14,16-18,25-26,28H,1,7,9-10H2,2-3H3/t11-,13?,14?,16+,17+,18?,19+,20+,21+,22-/m1/s1. The van der Waals surface area contributed by atoms with Gasteiger partial charge in [-0.25, -0.2) is 4.39 Å². The SMILES string of the molecule is C=C[C@@H]1CC2C3C[C@H](F)C4=CC(=O)C=C[C@]4(C)[C@@]34O[C@H]4C[C@]2(C)[C@@]1(O)C(O)S. The summed E-state index contributed by atoms with van der Waals surface area (Å²) in [6.07, 6.45) is 6.55. The molecule has 1 saturated heterocycles. The molecular formula is C22H27FO4S. The molecule has 0 aromatic heterocycles. The number of rotatable bonds is 2. The number of allylic oxidation sites excluding steroid dienone is 2. The number of aliphatic hydroxyl groups is 2. The molecule has 152 valence electrons. The monoisotopic (exact) mass is 406 g/mol. The molecule has 4 aliphatic carbocycles. The molecule has 0 aromatic carbocycles. The van der Waals surface area contributed by atoms with E-state index in [1.165, 1.54) is 12.2 Å². The van der Waals surface area contributed by atoms with Crippen molar-refractivity contribution in [2.45, 2.75) is 62.0 Å². The van der Waals surface area contributed by atoms with Crippen LogP contribution in [0.25, 0.3) is 0 Å². The average Bonchev–Trinajstić information content (AvgIpc) is 3.30. The summed E-state index contributed by atoms with van der Waals surface area (Å²) < 4.78 is 21.7. The molecular weight excluding hydrogens is 379 g/mol. The number of epoxide rings is 1. The molecule has 28 heavy (non-hydrogen) atoms. The van der Waals surface area contributed by atoms with Crippen LogP contribution in [0.1, 0.15) is 33.1 Å². The number of ketones is 1. The normalized spacial score (nSPS) is 57.4. The van der Waals surface area contributed by atoms with Gasteiger partial charge >= 0.3 is 0 Å². The van der Waals surface area contributed by atoms with Crippen LogP contribution < -0.4 is 0 Å². The smallest absolute Gasteiger partial charge is 0.178 e. The number of halogens is 1. The Balaban J connectivity index is 1.64. The van der Waals surface area contributed by atoms with Gasteiger partial charge in [-0.2, -0.15) is 0 Å². The summed E-state index contributed by atoms with van der Waals surface area (Å²) in [4.78, 5) is 11.9. The van der Waals surface area contributed by atoms with E-state index in [0.29, 0.717) is 18.4 Å². The van der Waals surface area contributed by atoms with Crippen LogP contribution in [0, 0.1) is 28.6 Å². The molecule has 3 saturated carbocycles. The Morgan fingerprint density at radius 2 is 2.11 bits per heavy atom. The Labute approximate surface area is 169 Å². The number of hydrogen-bond donors (Lipinski definition) is 3. The van der Waals surface area contributed by atoms with E-state index >= 15 is 4.39 Å². The second-order valence-corrected chi connectivity index (χ2v) is 10.2. The van der Waals surface area contributed by atoms with Crippen molar-refractivity contribution in [3.05, 3.63) is 36.5 Å². The van der Waals surface area contributed by atoms with Crippen molar-refractivity contribution in [2.75, 3.05) is 0 Å². The average molecular weight is 407 g/mol. The van der Waals surface area contributed by atoms with Crippen molar-refractivity contribution in [2.24, 2.45) is 28.6 Å². The van der Waals surface area contributed by atoms with Gasteiger partial charge < -0.3 is 14.9 Å². The van der Waals surface area contributed by atoms with Crippen LogP contribution in [-0.4, -0.2) is 44.9 Å². The lowest BCUT2D eigenvalue weighted by atomic mass is 9.46. The fraction of sp³-hybridized carbons (Fsp3) is 0.682.